The molecular weight excluding hydrogens is 388 g/mol. The van der Waals surface area contributed by atoms with Crippen LogP contribution in [0.2, 0.25) is 0 Å². The molecule has 5 nitrogen and oxygen atoms in total. The van der Waals surface area contributed by atoms with E-state index in [2.05, 4.69) is 25.7 Å². The third-order valence-corrected chi connectivity index (χ3v) is 7.36. The number of rotatable bonds is 4. The normalized spacial score (nSPS) is 26.6. The molecule has 0 N–H and O–H groups in total. The monoisotopic (exact) mass is 418 g/mol. The summed E-state index contributed by atoms with van der Waals surface area (Å²) in [5.74, 6) is -0.355. The van der Waals surface area contributed by atoms with E-state index in [1.807, 2.05) is 24.3 Å². The molecule has 0 radical (unpaired) electrons. The van der Waals surface area contributed by atoms with Crippen molar-refractivity contribution in [1.82, 2.24) is 9.80 Å². The Kier molecular flexibility index (Phi) is 4.51. The molecule has 2 atom stereocenters. The van der Waals surface area contributed by atoms with Crippen molar-refractivity contribution in [3.05, 3.63) is 47.5 Å². The van der Waals surface area contributed by atoms with Gasteiger partial charge in [0, 0.05) is 42.1 Å². The molecule has 2 bridgehead atoms. The molecule has 2 aromatic rings. The molecule has 0 aromatic heterocycles. The average molecular weight is 419 g/mol. The number of amides is 3. The Morgan fingerprint density at radius 1 is 1.00 bits per heavy atom. The zero-order valence-corrected chi connectivity index (χ0v) is 18.6. The van der Waals surface area contributed by atoms with E-state index in [9.17, 15) is 14.4 Å². The van der Waals surface area contributed by atoms with Crippen LogP contribution in [0, 0.1) is 10.8 Å². The molecule has 1 saturated heterocycles. The summed E-state index contributed by atoms with van der Waals surface area (Å²) in [4.78, 5) is 42.5. The van der Waals surface area contributed by atoms with Crippen molar-refractivity contribution in [3.63, 3.8) is 0 Å². The second kappa shape index (κ2) is 6.91. The molecule has 162 valence electrons. The van der Waals surface area contributed by atoms with Crippen LogP contribution in [0.5, 0.6) is 0 Å². The fraction of sp³-hybridized carbons (Fsp3) is 0.500. The molecule has 2 heterocycles. The van der Waals surface area contributed by atoms with E-state index in [4.69, 9.17) is 0 Å². The summed E-state index contributed by atoms with van der Waals surface area (Å²) in [6.07, 6.45) is 4.17. The van der Waals surface area contributed by atoms with E-state index in [1.165, 1.54) is 4.90 Å². The molecule has 2 fully saturated rings. The number of benzene rings is 2. The highest BCUT2D eigenvalue weighted by molar-refractivity contribution is 6.25. The van der Waals surface area contributed by atoms with Crippen LogP contribution in [0.3, 0.4) is 0 Å². The maximum Gasteiger partial charge on any atom is 0.261 e. The largest absolute Gasteiger partial charge is 0.339 e. The van der Waals surface area contributed by atoms with Crippen LogP contribution in [-0.2, 0) is 4.79 Å². The molecule has 3 amide bonds. The van der Waals surface area contributed by atoms with Gasteiger partial charge in [-0.05, 0) is 54.0 Å². The zero-order chi connectivity index (χ0) is 22.0. The molecule has 0 spiro atoms. The van der Waals surface area contributed by atoms with Crippen LogP contribution >= 0.6 is 0 Å². The van der Waals surface area contributed by atoms with Crippen molar-refractivity contribution in [2.24, 2.45) is 10.8 Å². The van der Waals surface area contributed by atoms with Crippen LogP contribution in [0.25, 0.3) is 10.8 Å². The first-order valence-electron chi connectivity index (χ1n) is 11.3. The summed E-state index contributed by atoms with van der Waals surface area (Å²) in [5, 5.41) is 1.65. The maximum absolute atomic E-state index is 13.0. The summed E-state index contributed by atoms with van der Waals surface area (Å²) >= 11 is 0. The molecule has 0 unspecified atom stereocenters. The van der Waals surface area contributed by atoms with Crippen molar-refractivity contribution in [2.75, 3.05) is 13.1 Å². The Balaban J connectivity index is 1.27. The molecule has 3 aliphatic rings. The van der Waals surface area contributed by atoms with Gasteiger partial charge in [0.15, 0.2) is 0 Å². The van der Waals surface area contributed by atoms with Crippen LogP contribution in [0.15, 0.2) is 36.4 Å². The molecule has 1 saturated carbocycles. The van der Waals surface area contributed by atoms with E-state index in [1.54, 1.807) is 12.1 Å². The number of hydrogen-bond acceptors (Lipinski definition) is 3. The highest BCUT2D eigenvalue weighted by Crippen LogP contribution is 2.52. The number of carbonyl (C=O) groups is 3. The molecule has 2 aromatic carbocycles. The van der Waals surface area contributed by atoms with Crippen molar-refractivity contribution < 1.29 is 14.4 Å². The standard InChI is InChI=1S/C26H30N2O3/c1-25(2)13-18-14-26(3,15-25)16-28(18)21(29)11-6-12-27-23(30)19-9-4-7-17-8-5-10-20(22(17)19)24(27)31/h4-5,7-10,18H,6,11-16H2,1-3H3/t18-,26+/m1/s1. The fourth-order valence-corrected chi connectivity index (χ4v) is 6.57. The molecule has 5 heteroatoms. The lowest BCUT2D eigenvalue weighted by Gasteiger charge is -2.39. The summed E-state index contributed by atoms with van der Waals surface area (Å²) in [5.41, 5.74) is 1.63. The Morgan fingerprint density at radius 3 is 2.29 bits per heavy atom. The van der Waals surface area contributed by atoms with Crippen LogP contribution in [0.4, 0.5) is 0 Å². The van der Waals surface area contributed by atoms with Gasteiger partial charge in [-0.2, -0.15) is 0 Å². The molecule has 5 rings (SSSR count). The topological polar surface area (TPSA) is 57.7 Å². The van der Waals surface area contributed by atoms with Crippen molar-refractivity contribution in [1.29, 1.82) is 0 Å². The Hall–Kier alpha value is -2.69. The van der Waals surface area contributed by atoms with Gasteiger partial charge in [0.1, 0.15) is 0 Å². The van der Waals surface area contributed by atoms with Gasteiger partial charge in [-0.1, -0.05) is 45.0 Å². The summed E-state index contributed by atoms with van der Waals surface area (Å²) in [7, 11) is 0. The fourth-order valence-electron chi connectivity index (χ4n) is 6.57. The van der Waals surface area contributed by atoms with Crippen LogP contribution in [-0.4, -0.2) is 46.7 Å². The van der Waals surface area contributed by atoms with Gasteiger partial charge < -0.3 is 4.90 Å². The molecule has 31 heavy (non-hydrogen) atoms. The van der Waals surface area contributed by atoms with Gasteiger partial charge in [-0.3, -0.25) is 19.3 Å². The Bertz CT molecular complexity index is 1050. The Labute approximate surface area is 183 Å². The highest BCUT2D eigenvalue weighted by Gasteiger charge is 2.50. The van der Waals surface area contributed by atoms with E-state index in [-0.39, 0.29) is 35.1 Å². The third kappa shape index (κ3) is 3.35. The minimum atomic E-state index is -0.256. The maximum atomic E-state index is 13.0. The van der Waals surface area contributed by atoms with Gasteiger partial charge in [0.05, 0.1) is 0 Å². The zero-order valence-electron chi connectivity index (χ0n) is 18.6. The highest BCUT2D eigenvalue weighted by atomic mass is 16.2. The first-order valence-corrected chi connectivity index (χ1v) is 11.3. The lowest BCUT2D eigenvalue weighted by atomic mass is 9.65. The van der Waals surface area contributed by atoms with Gasteiger partial charge >= 0.3 is 0 Å². The lowest BCUT2D eigenvalue weighted by molar-refractivity contribution is -0.132. The van der Waals surface area contributed by atoms with E-state index in [0.717, 1.165) is 36.6 Å². The van der Waals surface area contributed by atoms with Gasteiger partial charge in [0.2, 0.25) is 5.91 Å². The number of imide groups is 1. The minimum absolute atomic E-state index is 0.158. The predicted molar refractivity (Wildman–Crippen MR) is 120 cm³/mol. The van der Waals surface area contributed by atoms with Gasteiger partial charge in [-0.25, -0.2) is 0 Å². The molecule has 1 aliphatic carbocycles. The third-order valence-electron chi connectivity index (χ3n) is 7.36. The van der Waals surface area contributed by atoms with Gasteiger partial charge in [0.25, 0.3) is 11.8 Å². The smallest absolute Gasteiger partial charge is 0.261 e. The number of nitrogens with zero attached hydrogens (tertiary/aromatic N) is 2. The lowest BCUT2D eigenvalue weighted by Crippen LogP contribution is -2.41. The van der Waals surface area contributed by atoms with Crippen molar-refractivity contribution >= 4 is 28.5 Å². The Morgan fingerprint density at radius 2 is 1.65 bits per heavy atom. The van der Waals surface area contributed by atoms with Gasteiger partial charge in [-0.15, -0.1) is 0 Å². The minimum Gasteiger partial charge on any atom is -0.339 e. The van der Waals surface area contributed by atoms with E-state index in [0.29, 0.717) is 30.0 Å². The second-order valence-corrected chi connectivity index (χ2v) is 10.8. The van der Waals surface area contributed by atoms with Crippen molar-refractivity contribution in [2.45, 2.75) is 58.9 Å². The number of fused-ring (bicyclic) bond motifs is 2. The summed E-state index contributed by atoms with van der Waals surface area (Å²) in [6.45, 7) is 8.01. The quantitative estimate of drug-likeness (QED) is 0.680. The number of likely N-dealkylation sites (tertiary alicyclic amines) is 1. The molecule has 2 aliphatic heterocycles. The van der Waals surface area contributed by atoms with Crippen molar-refractivity contribution in [3.8, 4) is 0 Å². The SMILES string of the molecule is CC1(C)C[C@@H]2C[C@](C)(CN2C(=O)CCCN2C(=O)c3cccc4cccc(c34)C2=O)C1. The van der Waals surface area contributed by atoms with E-state index >= 15 is 0 Å². The summed E-state index contributed by atoms with van der Waals surface area (Å²) < 4.78 is 0. The predicted octanol–water partition coefficient (Wildman–Crippen LogP) is 4.64. The first kappa shape index (κ1) is 20.2. The first-order chi connectivity index (χ1) is 14.7. The average Bonchev–Trinajstić information content (AvgIpc) is 2.97. The van der Waals surface area contributed by atoms with E-state index < -0.39 is 0 Å². The van der Waals surface area contributed by atoms with Crippen LogP contribution < -0.4 is 0 Å². The van der Waals surface area contributed by atoms with Crippen LogP contribution in [0.1, 0.15) is 73.6 Å². The number of carbonyl (C=O) groups excluding carboxylic acids is 3. The molecular formula is C26H30N2O3. The second-order valence-electron chi connectivity index (χ2n) is 10.8. The summed E-state index contributed by atoms with van der Waals surface area (Å²) in [6, 6.07) is 11.4. The number of hydrogen-bond donors (Lipinski definition) is 0.